The van der Waals surface area contributed by atoms with Crippen molar-refractivity contribution in [2.75, 3.05) is 0 Å². The topological polar surface area (TPSA) is 59.4 Å². The van der Waals surface area contributed by atoms with Crippen molar-refractivity contribution < 1.29 is 0 Å². The highest BCUT2D eigenvalue weighted by atomic mass is 15.2. The van der Waals surface area contributed by atoms with E-state index in [1.807, 2.05) is 24.3 Å². The number of hydrogen-bond donors (Lipinski definition) is 0. The number of fused-ring (bicyclic) bond motifs is 10. The van der Waals surface area contributed by atoms with Crippen LogP contribution in [-0.2, 0) is 0 Å². The van der Waals surface area contributed by atoms with E-state index in [0.717, 1.165) is 82.6 Å². The molecule has 0 radical (unpaired) electrons. The van der Waals surface area contributed by atoms with E-state index >= 15 is 0 Å². The van der Waals surface area contributed by atoms with E-state index in [1.54, 1.807) is 0 Å². The Labute approximate surface area is 310 Å². The predicted molar refractivity (Wildman–Crippen MR) is 221 cm³/mol. The number of hydrogen-bond acceptors (Lipinski definition) is 3. The zero-order chi connectivity index (χ0) is 35.8. The first kappa shape index (κ1) is 30.1. The number of nitriles is 1. The van der Waals surface area contributed by atoms with Gasteiger partial charge in [-0.15, -0.1) is 0 Å². The molecule has 0 fully saturated rings. The highest BCUT2D eigenvalue weighted by molar-refractivity contribution is 6.23. The molecule has 11 rings (SSSR count). The van der Waals surface area contributed by atoms with Crippen LogP contribution < -0.4 is 0 Å². The third-order valence-corrected chi connectivity index (χ3v) is 10.7. The lowest BCUT2D eigenvalue weighted by Gasteiger charge is -2.14. The summed E-state index contributed by atoms with van der Waals surface area (Å²) >= 11 is 0. The second kappa shape index (κ2) is 11.7. The molecule has 5 heteroatoms. The van der Waals surface area contributed by atoms with Crippen molar-refractivity contribution in [2.24, 2.45) is 0 Å². The maximum atomic E-state index is 9.47. The van der Waals surface area contributed by atoms with Crippen LogP contribution >= 0.6 is 0 Å². The predicted octanol–water partition coefficient (Wildman–Crippen LogP) is 12.2. The fourth-order valence-electron chi connectivity index (χ4n) is 8.29. The molecular weight excluding hydrogens is 659 g/mol. The Morgan fingerprint density at radius 2 is 0.944 bits per heavy atom. The van der Waals surface area contributed by atoms with Crippen LogP contribution in [0.15, 0.2) is 176 Å². The minimum atomic E-state index is 0.609. The molecule has 0 amide bonds. The molecular formula is C49H29N5. The van der Waals surface area contributed by atoms with Crippen LogP contribution in [0.3, 0.4) is 0 Å². The Bertz CT molecular complexity index is 3330. The Hall–Kier alpha value is -7.55. The SMILES string of the molecule is N#Cc1ccc2c(ccc3cc(-c4cc(-c5ccccc5)nc(-n5c6ccccc6c6ccc7c8ccccc8n(-c8ccccc8)c7c65)n4)ccc32)c1. The second-order valence-corrected chi connectivity index (χ2v) is 13.8. The van der Waals surface area contributed by atoms with Gasteiger partial charge in [-0.25, -0.2) is 9.97 Å². The Morgan fingerprint density at radius 3 is 1.63 bits per heavy atom. The highest BCUT2D eigenvalue weighted by Gasteiger charge is 2.23. The van der Waals surface area contributed by atoms with Gasteiger partial charge in [0.15, 0.2) is 0 Å². The third kappa shape index (κ3) is 4.51. The summed E-state index contributed by atoms with van der Waals surface area (Å²) in [4.78, 5) is 10.8. The molecule has 54 heavy (non-hydrogen) atoms. The number of nitrogens with zero attached hydrogens (tertiary/aromatic N) is 5. The van der Waals surface area contributed by atoms with Crippen molar-refractivity contribution >= 4 is 65.2 Å². The lowest BCUT2D eigenvalue weighted by molar-refractivity contribution is 0.995. The Balaban J connectivity index is 1.24. The molecule has 0 saturated carbocycles. The van der Waals surface area contributed by atoms with E-state index in [9.17, 15) is 5.26 Å². The highest BCUT2D eigenvalue weighted by Crippen LogP contribution is 2.42. The summed E-state index contributed by atoms with van der Waals surface area (Å²) in [6.45, 7) is 0. The van der Waals surface area contributed by atoms with Crippen LogP contribution in [0, 0.1) is 11.3 Å². The molecule has 3 aromatic heterocycles. The van der Waals surface area contributed by atoms with Crippen LogP contribution in [0.25, 0.3) is 99.3 Å². The van der Waals surface area contributed by atoms with Gasteiger partial charge in [-0.3, -0.25) is 4.57 Å². The second-order valence-electron chi connectivity index (χ2n) is 13.8. The molecule has 0 saturated heterocycles. The minimum absolute atomic E-state index is 0.609. The van der Waals surface area contributed by atoms with E-state index in [4.69, 9.17) is 9.97 Å². The van der Waals surface area contributed by atoms with Gasteiger partial charge in [-0.05, 0) is 70.1 Å². The number of aromatic nitrogens is 4. The molecule has 8 aromatic carbocycles. The molecule has 0 unspecified atom stereocenters. The molecule has 0 aliphatic carbocycles. The van der Waals surface area contributed by atoms with Crippen LogP contribution in [0.1, 0.15) is 5.56 Å². The molecule has 0 aliphatic rings. The van der Waals surface area contributed by atoms with Crippen molar-refractivity contribution in [3.05, 3.63) is 181 Å². The summed E-state index contributed by atoms with van der Waals surface area (Å²) in [5, 5.41) is 18.5. The first-order valence-corrected chi connectivity index (χ1v) is 18.1. The van der Waals surface area contributed by atoms with Crippen molar-refractivity contribution in [1.82, 2.24) is 19.1 Å². The van der Waals surface area contributed by atoms with Crippen molar-refractivity contribution in [3.8, 4) is 40.2 Å². The van der Waals surface area contributed by atoms with Crippen molar-refractivity contribution in [2.45, 2.75) is 0 Å². The fourth-order valence-corrected chi connectivity index (χ4v) is 8.29. The molecule has 3 heterocycles. The third-order valence-electron chi connectivity index (χ3n) is 10.7. The van der Waals surface area contributed by atoms with Gasteiger partial charge in [0.2, 0.25) is 5.95 Å². The first-order valence-electron chi connectivity index (χ1n) is 18.1. The smallest absolute Gasteiger partial charge is 0.235 e. The van der Waals surface area contributed by atoms with E-state index < -0.39 is 0 Å². The average Bonchev–Trinajstić information content (AvgIpc) is 3.77. The van der Waals surface area contributed by atoms with Gasteiger partial charge in [0.1, 0.15) is 0 Å². The van der Waals surface area contributed by atoms with Crippen LogP contribution in [-0.4, -0.2) is 19.1 Å². The normalized spacial score (nSPS) is 11.7. The van der Waals surface area contributed by atoms with Gasteiger partial charge in [0, 0.05) is 38.4 Å². The van der Waals surface area contributed by atoms with Gasteiger partial charge in [0.25, 0.3) is 0 Å². The molecule has 0 bridgehead atoms. The van der Waals surface area contributed by atoms with Gasteiger partial charge >= 0.3 is 0 Å². The molecule has 11 aromatic rings. The lowest BCUT2D eigenvalue weighted by atomic mass is 9.98. The maximum absolute atomic E-state index is 9.47. The molecule has 0 N–H and O–H groups in total. The molecule has 250 valence electrons. The Morgan fingerprint density at radius 1 is 0.407 bits per heavy atom. The maximum Gasteiger partial charge on any atom is 0.235 e. The summed E-state index contributed by atoms with van der Waals surface area (Å²) in [5.74, 6) is 0.609. The largest absolute Gasteiger partial charge is 0.307 e. The van der Waals surface area contributed by atoms with Crippen molar-refractivity contribution in [3.63, 3.8) is 0 Å². The van der Waals surface area contributed by atoms with E-state index in [-0.39, 0.29) is 0 Å². The average molecular weight is 688 g/mol. The minimum Gasteiger partial charge on any atom is -0.307 e. The molecule has 5 nitrogen and oxygen atoms in total. The summed E-state index contributed by atoms with van der Waals surface area (Å²) < 4.78 is 4.65. The molecule has 0 atom stereocenters. The van der Waals surface area contributed by atoms with Gasteiger partial charge in [0.05, 0.1) is 45.1 Å². The first-order chi connectivity index (χ1) is 26.7. The Kier molecular flexibility index (Phi) is 6.55. The number of benzene rings is 8. The van der Waals surface area contributed by atoms with Crippen LogP contribution in [0.4, 0.5) is 0 Å². The van der Waals surface area contributed by atoms with E-state index in [2.05, 4.69) is 167 Å². The zero-order valence-corrected chi connectivity index (χ0v) is 29.0. The van der Waals surface area contributed by atoms with Crippen molar-refractivity contribution in [1.29, 1.82) is 5.26 Å². The number of rotatable bonds is 4. The summed E-state index contributed by atoms with van der Waals surface area (Å²) in [6, 6.07) is 63.7. The van der Waals surface area contributed by atoms with Gasteiger partial charge in [-0.1, -0.05) is 127 Å². The number of para-hydroxylation sites is 3. The zero-order valence-electron chi connectivity index (χ0n) is 29.0. The molecule has 0 spiro atoms. The standard InChI is InChI=1S/C49H29N5/c50-30-31-19-23-37-33(27-31)20-21-34-28-35(22-24-38(34)37)44-29-43(32-11-3-1-4-12-32)51-49(52-44)54-46-18-10-8-16-40(46)42-26-25-41-39-15-7-9-17-45(39)53(47(41)48(42)54)36-13-5-2-6-14-36/h1-29H. The van der Waals surface area contributed by atoms with Gasteiger partial charge < -0.3 is 4.57 Å². The van der Waals surface area contributed by atoms with Gasteiger partial charge in [-0.2, -0.15) is 5.26 Å². The van der Waals surface area contributed by atoms with E-state index in [1.165, 1.54) is 10.8 Å². The summed E-state index contributed by atoms with van der Waals surface area (Å²) in [7, 11) is 0. The summed E-state index contributed by atoms with van der Waals surface area (Å²) in [5.41, 5.74) is 9.83. The molecule has 0 aliphatic heterocycles. The summed E-state index contributed by atoms with van der Waals surface area (Å²) in [6.07, 6.45) is 0. The monoisotopic (exact) mass is 687 g/mol. The fraction of sp³-hybridized carbons (Fsp3) is 0. The quantitative estimate of drug-likeness (QED) is 0.173. The van der Waals surface area contributed by atoms with Crippen LogP contribution in [0.2, 0.25) is 0 Å². The van der Waals surface area contributed by atoms with Crippen LogP contribution in [0.5, 0.6) is 0 Å². The van der Waals surface area contributed by atoms with E-state index in [0.29, 0.717) is 11.5 Å². The lowest BCUT2D eigenvalue weighted by Crippen LogP contribution is -2.05.